The summed E-state index contributed by atoms with van der Waals surface area (Å²) in [6.07, 6.45) is 1.66. The number of carbonyl (C=O) groups is 2. The Hall–Kier alpha value is -4.78. The lowest BCUT2D eigenvalue weighted by Crippen LogP contribution is -2.37. The number of carbonyl (C=O) groups excluding carboxylic acids is 2. The highest BCUT2D eigenvalue weighted by Crippen LogP contribution is 2.25. The molecule has 0 atom stereocenters. The van der Waals surface area contributed by atoms with Crippen LogP contribution in [0.3, 0.4) is 0 Å². The van der Waals surface area contributed by atoms with Gasteiger partial charge in [0.2, 0.25) is 0 Å². The summed E-state index contributed by atoms with van der Waals surface area (Å²) in [5, 5.41) is 13.2. The molecule has 214 valence electrons. The summed E-state index contributed by atoms with van der Waals surface area (Å²) in [5.74, 6) is -2.42. The maximum Gasteiger partial charge on any atom is 0.409 e. The zero-order valence-electron chi connectivity index (χ0n) is 22.2. The zero-order chi connectivity index (χ0) is 29.7. The van der Waals surface area contributed by atoms with Crippen LogP contribution in [0.4, 0.5) is 9.18 Å². The van der Waals surface area contributed by atoms with Crippen molar-refractivity contribution >= 4 is 32.9 Å². The number of pyridine rings is 2. The Morgan fingerprint density at radius 2 is 1.85 bits per heavy atom. The molecule has 41 heavy (non-hydrogen) atoms. The number of halogens is 1. The molecular formula is C28H27FN4O7S. The first kappa shape index (κ1) is 29.2. The minimum atomic E-state index is -3.82. The molecule has 0 bridgehead atoms. The van der Waals surface area contributed by atoms with Crippen molar-refractivity contribution in [3.05, 3.63) is 99.7 Å². The van der Waals surface area contributed by atoms with Crippen molar-refractivity contribution in [2.75, 3.05) is 19.8 Å². The van der Waals surface area contributed by atoms with Crippen LogP contribution >= 0.6 is 0 Å². The number of aromatic hydroxyl groups is 1. The number of fused-ring (bicyclic) bond motifs is 1. The molecule has 0 saturated heterocycles. The number of nitrogens with one attached hydrogen (secondary N) is 1. The minimum Gasteiger partial charge on any atom is -0.505 e. The van der Waals surface area contributed by atoms with Gasteiger partial charge in [-0.25, -0.2) is 17.6 Å². The molecule has 11 nitrogen and oxygen atoms in total. The van der Waals surface area contributed by atoms with E-state index in [2.05, 4.69) is 10.3 Å². The average Bonchev–Trinajstić information content (AvgIpc) is 2.95. The van der Waals surface area contributed by atoms with Crippen molar-refractivity contribution in [2.24, 2.45) is 0 Å². The quantitative estimate of drug-likeness (QED) is 0.306. The van der Waals surface area contributed by atoms with Crippen LogP contribution in [0.15, 0.2) is 76.6 Å². The molecule has 2 heterocycles. The molecule has 0 radical (unpaired) electrons. The lowest BCUT2D eigenvalue weighted by atomic mass is 10.1. The number of benzene rings is 2. The van der Waals surface area contributed by atoms with Crippen molar-refractivity contribution in [1.82, 2.24) is 19.8 Å². The van der Waals surface area contributed by atoms with Crippen molar-refractivity contribution < 1.29 is 32.2 Å². The number of amides is 2. The fourth-order valence-corrected chi connectivity index (χ4v) is 5.09. The first-order chi connectivity index (χ1) is 19.5. The topological polar surface area (TPSA) is 148 Å². The van der Waals surface area contributed by atoms with Crippen LogP contribution in [0.25, 0.3) is 11.0 Å². The molecular weight excluding hydrogens is 555 g/mol. The molecule has 0 saturated carbocycles. The number of ether oxygens (including phenoxy) is 1. The highest BCUT2D eigenvalue weighted by Gasteiger charge is 2.24. The molecule has 2 N–H and O–H groups in total. The first-order valence-corrected chi connectivity index (χ1v) is 14.3. The molecule has 0 aliphatic heterocycles. The van der Waals surface area contributed by atoms with E-state index in [1.807, 2.05) is 30.3 Å². The summed E-state index contributed by atoms with van der Waals surface area (Å²) in [4.78, 5) is 44.1. The Morgan fingerprint density at radius 1 is 1.12 bits per heavy atom. The molecule has 0 fully saturated rings. The predicted molar refractivity (Wildman–Crippen MR) is 148 cm³/mol. The number of sulfone groups is 1. The summed E-state index contributed by atoms with van der Waals surface area (Å²) < 4.78 is 44.4. The van der Waals surface area contributed by atoms with Gasteiger partial charge in [-0.05, 0) is 35.4 Å². The van der Waals surface area contributed by atoms with Crippen LogP contribution < -0.4 is 10.9 Å². The highest BCUT2D eigenvalue weighted by atomic mass is 32.2. The van der Waals surface area contributed by atoms with Crippen LogP contribution in [0, 0.1) is 5.82 Å². The van der Waals surface area contributed by atoms with E-state index in [0.29, 0.717) is 0 Å². The number of hydrogen-bond acceptors (Lipinski definition) is 8. The van der Waals surface area contributed by atoms with Gasteiger partial charge in [0.1, 0.15) is 23.5 Å². The summed E-state index contributed by atoms with van der Waals surface area (Å²) in [6.45, 7) is -0.336. The Morgan fingerprint density at radius 3 is 2.56 bits per heavy atom. The first-order valence-electron chi connectivity index (χ1n) is 12.4. The number of nitrogens with zero attached hydrogens (tertiary/aromatic N) is 3. The Bertz CT molecular complexity index is 1780. The Labute approximate surface area is 234 Å². The van der Waals surface area contributed by atoms with Gasteiger partial charge < -0.3 is 24.6 Å². The third kappa shape index (κ3) is 6.69. The molecule has 4 rings (SSSR count). The highest BCUT2D eigenvalue weighted by molar-refractivity contribution is 7.90. The molecule has 2 amide bonds. The smallest absolute Gasteiger partial charge is 0.409 e. The normalized spacial score (nSPS) is 11.3. The monoisotopic (exact) mass is 582 g/mol. The van der Waals surface area contributed by atoms with Gasteiger partial charge >= 0.3 is 6.09 Å². The van der Waals surface area contributed by atoms with Crippen molar-refractivity contribution in [3.63, 3.8) is 0 Å². The van der Waals surface area contributed by atoms with E-state index in [0.717, 1.165) is 24.0 Å². The van der Waals surface area contributed by atoms with Gasteiger partial charge in [0.15, 0.2) is 15.6 Å². The average molecular weight is 583 g/mol. The molecule has 2 aromatic heterocycles. The Kier molecular flexibility index (Phi) is 8.67. The third-order valence-electron chi connectivity index (χ3n) is 6.27. The van der Waals surface area contributed by atoms with Gasteiger partial charge in [-0.2, -0.15) is 0 Å². The third-order valence-corrected chi connectivity index (χ3v) is 7.45. The molecule has 4 aromatic rings. The van der Waals surface area contributed by atoms with Crippen molar-refractivity contribution in [2.45, 2.75) is 24.6 Å². The second-order valence-corrected chi connectivity index (χ2v) is 11.2. The number of hydrogen-bond donors (Lipinski definition) is 2. The lowest BCUT2D eigenvalue weighted by molar-refractivity contribution is 0.0943. The zero-order valence-corrected chi connectivity index (χ0v) is 23.0. The summed E-state index contributed by atoms with van der Waals surface area (Å²) in [6, 6.07) is 15.3. The van der Waals surface area contributed by atoms with Crippen LogP contribution in [0.2, 0.25) is 0 Å². The predicted octanol–water partition coefficient (Wildman–Crippen LogP) is 2.84. The van der Waals surface area contributed by atoms with Gasteiger partial charge in [-0.15, -0.1) is 0 Å². The standard InChI is InChI=1S/C28H27FN4O7S/c1-32(28(37)40-17-18-7-4-3-5-8-18)13-14-33-21-9-6-12-30-24(21)25(34)23(27(33)36)26(35)31-16-19-10-11-20(29)15-22(19)41(2,38)39/h3-12,15,34H,13-14,16-17H2,1-2H3,(H,31,35). The second-order valence-electron chi connectivity index (χ2n) is 9.22. The van der Waals surface area contributed by atoms with Gasteiger partial charge in [-0.3, -0.25) is 14.6 Å². The molecule has 13 heteroatoms. The molecule has 0 unspecified atom stereocenters. The molecule has 0 spiro atoms. The minimum absolute atomic E-state index is 0.0230. The van der Waals surface area contributed by atoms with Crippen LogP contribution in [-0.4, -0.2) is 59.8 Å². The van der Waals surface area contributed by atoms with E-state index >= 15 is 0 Å². The number of rotatable bonds is 9. The van der Waals surface area contributed by atoms with E-state index in [9.17, 15) is 32.3 Å². The van der Waals surface area contributed by atoms with Crippen molar-refractivity contribution in [1.29, 1.82) is 0 Å². The van der Waals surface area contributed by atoms with E-state index in [1.165, 1.54) is 34.8 Å². The number of aromatic nitrogens is 2. The molecule has 0 aliphatic carbocycles. The van der Waals surface area contributed by atoms with Gasteiger partial charge in [-0.1, -0.05) is 36.4 Å². The van der Waals surface area contributed by atoms with Gasteiger partial charge in [0.05, 0.1) is 10.4 Å². The Balaban J connectivity index is 1.57. The van der Waals surface area contributed by atoms with E-state index in [1.54, 1.807) is 6.07 Å². The van der Waals surface area contributed by atoms with Gasteiger partial charge in [0, 0.05) is 39.1 Å². The summed E-state index contributed by atoms with van der Waals surface area (Å²) >= 11 is 0. The van der Waals surface area contributed by atoms with Crippen LogP contribution in [-0.2, 0) is 34.3 Å². The van der Waals surface area contributed by atoms with Gasteiger partial charge in [0.25, 0.3) is 11.5 Å². The summed E-state index contributed by atoms with van der Waals surface area (Å²) in [5.41, 5.74) is -0.360. The van der Waals surface area contributed by atoms with Crippen molar-refractivity contribution in [3.8, 4) is 5.75 Å². The van der Waals surface area contributed by atoms with Crippen LogP contribution in [0.1, 0.15) is 21.5 Å². The molecule has 0 aliphatic rings. The second kappa shape index (κ2) is 12.2. The van der Waals surface area contributed by atoms with E-state index in [-0.39, 0.29) is 47.7 Å². The maximum atomic E-state index is 13.7. The fourth-order valence-electron chi connectivity index (χ4n) is 4.14. The summed E-state index contributed by atoms with van der Waals surface area (Å²) in [7, 11) is -2.33. The largest absolute Gasteiger partial charge is 0.505 e. The SMILES string of the molecule is CN(CCn1c(=O)c(C(=O)NCc2ccc(F)cc2S(C)(=O)=O)c(O)c2ncccc21)C(=O)OCc1ccccc1. The fraction of sp³-hybridized carbons (Fsp3) is 0.214. The maximum absolute atomic E-state index is 13.7. The number of likely N-dealkylation sites (N-methyl/N-ethyl adjacent to an activating group) is 1. The molecule has 2 aromatic carbocycles. The van der Waals surface area contributed by atoms with E-state index in [4.69, 9.17) is 4.74 Å². The van der Waals surface area contributed by atoms with Crippen LogP contribution in [0.5, 0.6) is 5.75 Å². The van der Waals surface area contributed by atoms with E-state index < -0.39 is 44.5 Å². The lowest BCUT2D eigenvalue weighted by Gasteiger charge is -2.19.